The molecule has 58 valence electrons. The van der Waals surface area contributed by atoms with E-state index in [4.69, 9.17) is 5.11 Å². The van der Waals surface area contributed by atoms with E-state index in [1.165, 1.54) is 6.08 Å². The topological polar surface area (TPSA) is 37.3 Å². The molecular formula is C8H14O2. The molecule has 0 spiro atoms. The highest BCUT2D eigenvalue weighted by Crippen LogP contribution is 1.92. The fourth-order valence-corrected chi connectivity index (χ4v) is 0.608. The van der Waals surface area contributed by atoms with Crippen LogP contribution in [0.25, 0.3) is 0 Å². The second-order valence-corrected chi connectivity index (χ2v) is 2.33. The summed E-state index contributed by atoms with van der Waals surface area (Å²) in [4.78, 5) is 10.8. The van der Waals surface area contributed by atoms with Crippen molar-refractivity contribution in [2.45, 2.75) is 32.8 Å². The molecule has 0 radical (unpaired) electrons. The lowest BCUT2D eigenvalue weighted by atomic mass is 10.2. The van der Waals surface area contributed by atoms with Crippen LogP contribution in [0.5, 0.6) is 0 Å². The Balaban J connectivity index is 3.54. The van der Waals surface area contributed by atoms with E-state index in [2.05, 4.69) is 0 Å². The first-order valence-corrected chi connectivity index (χ1v) is 3.54. The zero-order chi connectivity index (χ0) is 7.98. The molecule has 10 heavy (non-hydrogen) atoms. The standard InChI is InChI=1S/C8H14O2/c1-3-4-5-8(10)6-7(2)9/h4-5,7,9H,3,6H2,1-2H3/b5-4-/t7-/m0/s1. The Morgan fingerprint density at radius 1 is 1.70 bits per heavy atom. The van der Waals surface area contributed by atoms with Gasteiger partial charge in [-0.1, -0.05) is 13.0 Å². The Labute approximate surface area is 61.6 Å². The summed E-state index contributed by atoms with van der Waals surface area (Å²) < 4.78 is 0. The summed E-state index contributed by atoms with van der Waals surface area (Å²) in [5.74, 6) is -0.00292. The summed E-state index contributed by atoms with van der Waals surface area (Å²) in [5, 5.41) is 8.77. The Kier molecular flexibility index (Phi) is 4.85. The molecule has 0 aromatic heterocycles. The predicted octanol–water partition coefficient (Wildman–Crippen LogP) is 1.29. The third kappa shape index (κ3) is 5.51. The number of carbonyl (C=O) groups is 1. The van der Waals surface area contributed by atoms with Gasteiger partial charge in [-0.25, -0.2) is 0 Å². The number of aliphatic hydroxyl groups is 1. The second kappa shape index (κ2) is 5.18. The zero-order valence-corrected chi connectivity index (χ0v) is 6.50. The van der Waals surface area contributed by atoms with Gasteiger partial charge >= 0.3 is 0 Å². The van der Waals surface area contributed by atoms with Crippen LogP contribution in [0.2, 0.25) is 0 Å². The summed E-state index contributed by atoms with van der Waals surface area (Å²) in [6.07, 6.45) is 3.90. The van der Waals surface area contributed by atoms with Crippen LogP contribution in [0.4, 0.5) is 0 Å². The van der Waals surface area contributed by atoms with Gasteiger partial charge < -0.3 is 5.11 Å². The van der Waals surface area contributed by atoms with Crippen LogP contribution in [0.1, 0.15) is 26.7 Å². The molecule has 0 aromatic rings. The fraction of sp³-hybridized carbons (Fsp3) is 0.625. The zero-order valence-electron chi connectivity index (χ0n) is 6.50. The average Bonchev–Trinajstić information content (AvgIpc) is 1.82. The molecule has 0 aliphatic carbocycles. The molecule has 0 heterocycles. The van der Waals surface area contributed by atoms with Crippen LogP contribution < -0.4 is 0 Å². The number of allylic oxidation sites excluding steroid dienone is 2. The summed E-state index contributed by atoms with van der Waals surface area (Å²) in [6.45, 7) is 3.57. The third-order valence-corrected chi connectivity index (χ3v) is 1.04. The first kappa shape index (κ1) is 9.37. The van der Waals surface area contributed by atoms with Gasteiger partial charge in [-0.2, -0.15) is 0 Å². The molecule has 0 bridgehead atoms. The number of hydrogen-bond acceptors (Lipinski definition) is 2. The molecular weight excluding hydrogens is 128 g/mol. The molecule has 1 atom stereocenters. The highest BCUT2D eigenvalue weighted by atomic mass is 16.3. The van der Waals surface area contributed by atoms with Crippen LogP contribution in [-0.4, -0.2) is 17.0 Å². The summed E-state index contributed by atoms with van der Waals surface area (Å²) in [6, 6.07) is 0. The highest BCUT2D eigenvalue weighted by molar-refractivity contribution is 5.89. The number of rotatable bonds is 4. The Morgan fingerprint density at radius 3 is 2.70 bits per heavy atom. The minimum Gasteiger partial charge on any atom is -0.393 e. The van der Waals surface area contributed by atoms with E-state index >= 15 is 0 Å². The summed E-state index contributed by atoms with van der Waals surface area (Å²) >= 11 is 0. The second-order valence-electron chi connectivity index (χ2n) is 2.33. The molecule has 0 aliphatic heterocycles. The number of hydrogen-bond donors (Lipinski definition) is 1. The largest absolute Gasteiger partial charge is 0.393 e. The minimum absolute atomic E-state index is 0.00292. The maximum absolute atomic E-state index is 10.8. The Hall–Kier alpha value is -0.630. The van der Waals surface area contributed by atoms with Gasteiger partial charge in [0.1, 0.15) is 0 Å². The highest BCUT2D eigenvalue weighted by Gasteiger charge is 2.00. The van der Waals surface area contributed by atoms with E-state index in [1.807, 2.05) is 6.92 Å². The van der Waals surface area contributed by atoms with Gasteiger partial charge in [0.2, 0.25) is 0 Å². The molecule has 0 amide bonds. The molecule has 2 nitrogen and oxygen atoms in total. The van der Waals surface area contributed by atoms with Crippen LogP contribution in [0, 0.1) is 0 Å². The molecule has 0 aromatic carbocycles. The first-order valence-electron chi connectivity index (χ1n) is 3.54. The van der Waals surface area contributed by atoms with Crippen molar-refractivity contribution in [2.24, 2.45) is 0 Å². The van der Waals surface area contributed by atoms with Crippen molar-refractivity contribution in [3.8, 4) is 0 Å². The van der Waals surface area contributed by atoms with Gasteiger partial charge in [-0.3, -0.25) is 4.79 Å². The molecule has 0 saturated heterocycles. The van der Waals surface area contributed by atoms with Crippen molar-refractivity contribution in [1.82, 2.24) is 0 Å². The average molecular weight is 142 g/mol. The predicted molar refractivity (Wildman–Crippen MR) is 40.7 cm³/mol. The van der Waals surface area contributed by atoms with Gasteiger partial charge in [0.15, 0.2) is 5.78 Å². The van der Waals surface area contributed by atoms with Crippen molar-refractivity contribution in [3.05, 3.63) is 12.2 Å². The lowest BCUT2D eigenvalue weighted by molar-refractivity contribution is -0.116. The number of ketones is 1. The smallest absolute Gasteiger partial charge is 0.157 e. The normalized spacial score (nSPS) is 13.9. The lowest BCUT2D eigenvalue weighted by Gasteiger charge is -1.97. The number of carbonyl (C=O) groups excluding carboxylic acids is 1. The third-order valence-electron chi connectivity index (χ3n) is 1.04. The van der Waals surface area contributed by atoms with Crippen LogP contribution in [0.15, 0.2) is 12.2 Å². The van der Waals surface area contributed by atoms with E-state index in [-0.39, 0.29) is 12.2 Å². The van der Waals surface area contributed by atoms with E-state index in [9.17, 15) is 4.79 Å². The molecule has 0 unspecified atom stereocenters. The molecule has 0 aliphatic rings. The van der Waals surface area contributed by atoms with Crippen molar-refractivity contribution in [2.75, 3.05) is 0 Å². The summed E-state index contributed by atoms with van der Waals surface area (Å²) in [7, 11) is 0. The van der Waals surface area contributed by atoms with Crippen LogP contribution >= 0.6 is 0 Å². The van der Waals surface area contributed by atoms with E-state index < -0.39 is 6.10 Å². The summed E-state index contributed by atoms with van der Waals surface area (Å²) in [5.41, 5.74) is 0. The van der Waals surface area contributed by atoms with Crippen molar-refractivity contribution in [3.63, 3.8) is 0 Å². The van der Waals surface area contributed by atoms with Crippen molar-refractivity contribution >= 4 is 5.78 Å². The SMILES string of the molecule is CC/C=C\C(=O)C[C@H](C)O. The molecule has 1 N–H and O–H groups in total. The lowest BCUT2D eigenvalue weighted by Crippen LogP contribution is -2.06. The fourth-order valence-electron chi connectivity index (χ4n) is 0.608. The molecule has 0 saturated carbocycles. The van der Waals surface area contributed by atoms with Gasteiger partial charge in [0.25, 0.3) is 0 Å². The maximum atomic E-state index is 10.8. The molecule has 0 rings (SSSR count). The first-order chi connectivity index (χ1) is 4.66. The van der Waals surface area contributed by atoms with Crippen LogP contribution in [-0.2, 0) is 4.79 Å². The van der Waals surface area contributed by atoms with Gasteiger partial charge in [0.05, 0.1) is 6.10 Å². The van der Waals surface area contributed by atoms with E-state index in [0.717, 1.165) is 6.42 Å². The monoisotopic (exact) mass is 142 g/mol. The van der Waals surface area contributed by atoms with Gasteiger partial charge in [0, 0.05) is 6.42 Å². The molecule has 0 fully saturated rings. The maximum Gasteiger partial charge on any atom is 0.157 e. The van der Waals surface area contributed by atoms with E-state index in [1.54, 1.807) is 13.0 Å². The molecule has 2 heteroatoms. The quantitative estimate of drug-likeness (QED) is 0.600. The van der Waals surface area contributed by atoms with Crippen molar-refractivity contribution < 1.29 is 9.90 Å². The van der Waals surface area contributed by atoms with Crippen LogP contribution in [0.3, 0.4) is 0 Å². The van der Waals surface area contributed by atoms with Gasteiger partial charge in [-0.15, -0.1) is 0 Å². The van der Waals surface area contributed by atoms with Gasteiger partial charge in [-0.05, 0) is 19.4 Å². The minimum atomic E-state index is -0.519. The Morgan fingerprint density at radius 2 is 2.30 bits per heavy atom. The Bertz CT molecular complexity index is 125. The number of aliphatic hydroxyl groups excluding tert-OH is 1. The van der Waals surface area contributed by atoms with E-state index in [0.29, 0.717) is 0 Å². The van der Waals surface area contributed by atoms with Crippen molar-refractivity contribution in [1.29, 1.82) is 0 Å².